The fourth-order valence-electron chi connectivity index (χ4n) is 1.94. The highest BCUT2D eigenvalue weighted by Gasteiger charge is 2.17. The number of hydrogen-bond donors (Lipinski definition) is 0. The molecule has 2 nitrogen and oxygen atoms in total. The van der Waals surface area contributed by atoms with E-state index in [0.29, 0.717) is 0 Å². The van der Waals surface area contributed by atoms with Crippen LogP contribution in [-0.2, 0) is 0 Å². The summed E-state index contributed by atoms with van der Waals surface area (Å²) in [6.07, 6.45) is 3.98. The lowest BCUT2D eigenvalue weighted by molar-refractivity contribution is -0.609. The first-order chi connectivity index (χ1) is 7.86. The van der Waals surface area contributed by atoms with Crippen LogP contribution in [0.3, 0.4) is 0 Å². The first-order valence-corrected chi connectivity index (χ1v) is 5.31. The standard InChI is InChI=1S/C14H12NO/c1-11-12-7-3-4-8-13(12)16-14(11)15-9-5-2-6-10-15/h2-10H,1H3/q+1. The Balaban J connectivity index is 2.29. The molecule has 2 heterocycles. The van der Waals surface area contributed by atoms with E-state index in [4.69, 9.17) is 4.42 Å². The molecule has 0 N–H and O–H groups in total. The lowest BCUT2D eigenvalue weighted by atomic mass is 10.2. The first-order valence-electron chi connectivity index (χ1n) is 5.31. The van der Waals surface area contributed by atoms with Crippen molar-refractivity contribution in [2.75, 3.05) is 0 Å². The maximum atomic E-state index is 5.85. The van der Waals surface area contributed by atoms with Gasteiger partial charge in [-0.3, -0.25) is 0 Å². The zero-order valence-electron chi connectivity index (χ0n) is 9.05. The van der Waals surface area contributed by atoms with Crippen molar-refractivity contribution in [2.45, 2.75) is 6.92 Å². The summed E-state index contributed by atoms with van der Waals surface area (Å²) >= 11 is 0. The van der Waals surface area contributed by atoms with Gasteiger partial charge >= 0.3 is 5.88 Å². The Morgan fingerprint density at radius 2 is 1.69 bits per heavy atom. The maximum Gasteiger partial charge on any atom is 0.382 e. The molecule has 0 aliphatic rings. The van der Waals surface area contributed by atoms with Crippen LogP contribution in [0.25, 0.3) is 16.9 Å². The summed E-state index contributed by atoms with van der Waals surface area (Å²) < 4.78 is 7.84. The molecular weight excluding hydrogens is 198 g/mol. The van der Waals surface area contributed by atoms with Crippen LogP contribution < -0.4 is 4.57 Å². The van der Waals surface area contributed by atoms with Crippen molar-refractivity contribution >= 4 is 11.0 Å². The summed E-state index contributed by atoms with van der Waals surface area (Å²) in [5, 5.41) is 1.17. The Labute approximate surface area is 93.8 Å². The molecular formula is C14H12NO+. The van der Waals surface area contributed by atoms with Gasteiger partial charge in [-0.25, -0.2) is 0 Å². The molecule has 3 aromatic rings. The second-order valence-corrected chi connectivity index (χ2v) is 3.81. The molecule has 0 aliphatic carbocycles. The minimum absolute atomic E-state index is 0.891. The number of para-hydroxylation sites is 1. The molecule has 0 radical (unpaired) electrons. The number of nitrogens with zero attached hydrogens (tertiary/aromatic N) is 1. The number of aryl methyl sites for hydroxylation is 1. The molecule has 0 amide bonds. The number of hydrogen-bond acceptors (Lipinski definition) is 1. The number of rotatable bonds is 1. The average molecular weight is 210 g/mol. The maximum absolute atomic E-state index is 5.85. The highest BCUT2D eigenvalue weighted by Crippen LogP contribution is 2.24. The highest BCUT2D eigenvalue weighted by molar-refractivity contribution is 5.82. The summed E-state index contributed by atoms with van der Waals surface area (Å²) in [4.78, 5) is 0. The molecule has 1 aromatic carbocycles. The van der Waals surface area contributed by atoms with E-state index in [1.54, 1.807) is 0 Å². The summed E-state index contributed by atoms with van der Waals surface area (Å²) in [5.41, 5.74) is 2.11. The first kappa shape index (κ1) is 9.16. The van der Waals surface area contributed by atoms with Gasteiger partial charge in [0.1, 0.15) is 5.58 Å². The SMILES string of the molecule is Cc1c(-[n+]2ccccc2)oc2ccccc12. The van der Waals surface area contributed by atoms with Gasteiger partial charge in [0.05, 0.1) is 5.56 Å². The Morgan fingerprint density at radius 3 is 2.44 bits per heavy atom. The van der Waals surface area contributed by atoms with Crippen LogP contribution in [0.4, 0.5) is 0 Å². The average Bonchev–Trinajstić information content (AvgIpc) is 2.69. The van der Waals surface area contributed by atoms with Gasteiger partial charge in [0, 0.05) is 17.5 Å². The Morgan fingerprint density at radius 1 is 0.938 bits per heavy atom. The predicted molar refractivity (Wildman–Crippen MR) is 62.5 cm³/mol. The van der Waals surface area contributed by atoms with Crippen LogP contribution in [0.1, 0.15) is 5.56 Å². The van der Waals surface area contributed by atoms with Gasteiger partial charge < -0.3 is 4.42 Å². The minimum Gasteiger partial charge on any atom is -0.404 e. The van der Waals surface area contributed by atoms with Crippen LogP contribution in [0.2, 0.25) is 0 Å². The van der Waals surface area contributed by atoms with Crippen LogP contribution >= 0.6 is 0 Å². The van der Waals surface area contributed by atoms with E-state index in [9.17, 15) is 0 Å². The lowest BCUT2D eigenvalue weighted by Gasteiger charge is -1.89. The molecule has 3 rings (SSSR count). The lowest BCUT2D eigenvalue weighted by Crippen LogP contribution is -2.29. The topological polar surface area (TPSA) is 17.0 Å². The quantitative estimate of drug-likeness (QED) is 0.564. The van der Waals surface area contributed by atoms with Gasteiger partial charge in [-0.15, -0.1) is 4.57 Å². The predicted octanol–water partition coefficient (Wildman–Crippen LogP) is 3.02. The molecule has 78 valence electrons. The number of furan rings is 1. The van der Waals surface area contributed by atoms with E-state index in [0.717, 1.165) is 11.5 Å². The molecule has 0 fully saturated rings. The molecule has 2 heteroatoms. The monoisotopic (exact) mass is 210 g/mol. The van der Waals surface area contributed by atoms with E-state index in [1.165, 1.54) is 10.9 Å². The van der Waals surface area contributed by atoms with E-state index < -0.39 is 0 Å². The summed E-state index contributed by atoms with van der Waals surface area (Å²) in [6, 6.07) is 14.1. The molecule has 0 saturated heterocycles. The Kier molecular flexibility index (Phi) is 2.00. The van der Waals surface area contributed by atoms with E-state index in [2.05, 4.69) is 13.0 Å². The molecule has 0 atom stereocenters. The molecule has 16 heavy (non-hydrogen) atoms. The van der Waals surface area contributed by atoms with Crippen molar-refractivity contribution < 1.29 is 8.98 Å². The summed E-state index contributed by atoms with van der Waals surface area (Å²) in [6.45, 7) is 2.08. The molecule has 0 bridgehead atoms. The summed E-state index contributed by atoms with van der Waals surface area (Å²) in [5.74, 6) is 0.891. The third-order valence-corrected chi connectivity index (χ3v) is 2.77. The molecule has 0 aliphatic heterocycles. The number of fused-ring (bicyclic) bond motifs is 1. The third-order valence-electron chi connectivity index (χ3n) is 2.77. The van der Waals surface area contributed by atoms with Crippen LogP contribution in [0.15, 0.2) is 59.3 Å². The molecule has 0 unspecified atom stereocenters. The fraction of sp³-hybridized carbons (Fsp3) is 0.0714. The van der Waals surface area contributed by atoms with Gasteiger partial charge in [0.2, 0.25) is 0 Å². The van der Waals surface area contributed by atoms with Crippen molar-refractivity contribution in [1.29, 1.82) is 0 Å². The van der Waals surface area contributed by atoms with Gasteiger partial charge in [0.15, 0.2) is 12.4 Å². The molecule has 0 saturated carbocycles. The minimum atomic E-state index is 0.891. The fourth-order valence-corrected chi connectivity index (χ4v) is 1.94. The van der Waals surface area contributed by atoms with Crippen molar-refractivity contribution in [3.05, 3.63) is 60.4 Å². The van der Waals surface area contributed by atoms with Crippen molar-refractivity contribution in [3.63, 3.8) is 0 Å². The van der Waals surface area contributed by atoms with Crippen LogP contribution in [0.5, 0.6) is 0 Å². The van der Waals surface area contributed by atoms with E-state index in [1.807, 2.05) is 53.4 Å². The van der Waals surface area contributed by atoms with E-state index >= 15 is 0 Å². The van der Waals surface area contributed by atoms with Crippen molar-refractivity contribution in [3.8, 4) is 5.88 Å². The molecule has 2 aromatic heterocycles. The van der Waals surface area contributed by atoms with Crippen molar-refractivity contribution in [1.82, 2.24) is 0 Å². The smallest absolute Gasteiger partial charge is 0.382 e. The Hall–Kier alpha value is -2.09. The number of benzene rings is 1. The number of aromatic nitrogens is 1. The Bertz CT molecular complexity index is 626. The van der Waals surface area contributed by atoms with E-state index in [-0.39, 0.29) is 0 Å². The summed E-state index contributed by atoms with van der Waals surface area (Å²) in [7, 11) is 0. The zero-order valence-corrected chi connectivity index (χ0v) is 9.05. The van der Waals surface area contributed by atoms with Gasteiger partial charge in [-0.1, -0.05) is 24.3 Å². The highest BCUT2D eigenvalue weighted by atomic mass is 16.4. The third kappa shape index (κ3) is 1.31. The molecule has 0 spiro atoms. The van der Waals surface area contributed by atoms with Crippen LogP contribution in [0, 0.1) is 6.92 Å². The van der Waals surface area contributed by atoms with Gasteiger partial charge in [0.25, 0.3) is 0 Å². The second-order valence-electron chi connectivity index (χ2n) is 3.81. The zero-order chi connectivity index (χ0) is 11.0. The van der Waals surface area contributed by atoms with Crippen LogP contribution in [-0.4, -0.2) is 0 Å². The number of pyridine rings is 1. The van der Waals surface area contributed by atoms with Gasteiger partial charge in [-0.2, -0.15) is 0 Å². The van der Waals surface area contributed by atoms with Crippen molar-refractivity contribution in [2.24, 2.45) is 0 Å². The normalized spacial score (nSPS) is 10.8. The second kappa shape index (κ2) is 3.49. The van der Waals surface area contributed by atoms with Gasteiger partial charge in [-0.05, 0) is 13.0 Å². The largest absolute Gasteiger partial charge is 0.404 e.